The minimum atomic E-state index is -0.292. The van der Waals surface area contributed by atoms with Crippen LogP contribution in [0, 0.1) is 17.3 Å². The first-order chi connectivity index (χ1) is 7.96. The van der Waals surface area contributed by atoms with Crippen molar-refractivity contribution in [1.82, 2.24) is 0 Å². The van der Waals surface area contributed by atoms with E-state index in [0.717, 1.165) is 6.42 Å². The summed E-state index contributed by atoms with van der Waals surface area (Å²) in [5.41, 5.74) is 0.302. The summed E-state index contributed by atoms with van der Waals surface area (Å²) < 4.78 is 15.7. The second kappa shape index (κ2) is 4.42. The van der Waals surface area contributed by atoms with Crippen molar-refractivity contribution >= 4 is 5.97 Å². The van der Waals surface area contributed by atoms with E-state index in [0.29, 0.717) is 23.0 Å². The normalized spacial score (nSPS) is 33.6. The lowest BCUT2D eigenvalue weighted by atomic mass is 10.0. The van der Waals surface area contributed by atoms with Gasteiger partial charge >= 0.3 is 5.97 Å². The monoisotopic (exact) mass is 240 g/mol. The highest BCUT2D eigenvalue weighted by atomic mass is 16.7. The second-order valence-corrected chi connectivity index (χ2v) is 5.41. The van der Waals surface area contributed by atoms with E-state index in [1.165, 1.54) is 6.92 Å². The van der Waals surface area contributed by atoms with Crippen LogP contribution in [0.1, 0.15) is 27.2 Å². The van der Waals surface area contributed by atoms with Gasteiger partial charge in [0, 0.05) is 14.0 Å². The number of hydrogen-bond donors (Lipinski definition) is 0. The molecule has 1 saturated carbocycles. The van der Waals surface area contributed by atoms with E-state index in [-0.39, 0.29) is 18.9 Å². The summed E-state index contributed by atoms with van der Waals surface area (Å²) in [5.74, 6) is 1.50. The molecule has 2 aliphatic rings. The smallest absolute Gasteiger partial charge is 0.307 e. The average Bonchev–Trinajstić information content (AvgIpc) is 2.76. The number of carbonyl (C=O) groups excluding carboxylic acids is 1. The highest BCUT2D eigenvalue weighted by Crippen LogP contribution is 2.63. The maximum atomic E-state index is 11.1. The number of allylic oxidation sites excluding steroid dienone is 1. The Hall–Kier alpha value is -0.870. The van der Waals surface area contributed by atoms with Crippen LogP contribution >= 0.6 is 0 Å². The van der Waals surface area contributed by atoms with E-state index >= 15 is 0 Å². The summed E-state index contributed by atoms with van der Waals surface area (Å²) in [5, 5.41) is 0. The average molecular weight is 240 g/mol. The van der Waals surface area contributed by atoms with Gasteiger partial charge in [-0.05, 0) is 29.7 Å². The van der Waals surface area contributed by atoms with Crippen molar-refractivity contribution in [3.05, 3.63) is 11.8 Å². The van der Waals surface area contributed by atoms with E-state index in [1.54, 1.807) is 7.11 Å². The molecule has 3 atom stereocenters. The van der Waals surface area contributed by atoms with E-state index in [9.17, 15) is 4.79 Å². The predicted octanol–water partition coefficient (Wildman–Crippen LogP) is 2.10. The second-order valence-electron chi connectivity index (χ2n) is 5.41. The molecule has 1 fully saturated rings. The minimum absolute atomic E-state index is 0.151. The summed E-state index contributed by atoms with van der Waals surface area (Å²) in [7, 11) is 1.59. The zero-order valence-electron chi connectivity index (χ0n) is 10.9. The first kappa shape index (κ1) is 12.6. The Bertz CT molecular complexity index is 345. The van der Waals surface area contributed by atoms with Gasteiger partial charge in [-0.3, -0.25) is 4.79 Å². The molecule has 0 aliphatic heterocycles. The van der Waals surface area contributed by atoms with Gasteiger partial charge in [0.1, 0.15) is 18.7 Å². The zero-order valence-corrected chi connectivity index (χ0v) is 10.9. The molecular formula is C13H20O4. The molecule has 2 aliphatic carbocycles. The van der Waals surface area contributed by atoms with Gasteiger partial charge in [0.15, 0.2) is 0 Å². The Kier molecular flexibility index (Phi) is 3.27. The lowest BCUT2D eigenvalue weighted by Crippen LogP contribution is -2.24. The number of ether oxygens (including phenoxy) is 3. The molecular weight excluding hydrogens is 220 g/mol. The molecule has 0 aromatic rings. The maximum Gasteiger partial charge on any atom is 0.307 e. The Morgan fingerprint density at radius 2 is 2.24 bits per heavy atom. The van der Waals surface area contributed by atoms with Gasteiger partial charge in [0.25, 0.3) is 0 Å². The van der Waals surface area contributed by atoms with Crippen molar-refractivity contribution in [2.75, 3.05) is 13.9 Å². The van der Waals surface area contributed by atoms with Crippen molar-refractivity contribution in [2.24, 2.45) is 17.3 Å². The Labute approximate surface area is 102 Å². The van der Waals surface area contributed by atoms with E-state index in [4.69, 9.17) is 14.2 Å². The quantitative estimate of drug-likeness (QED) is 0.557. The molecule has 0 aromatic carbocycles. The molecule has 0 bridgehead atoms. The molecule has 0 radical (unpaired) electrons. The zero-order chi connectivity index (χ0) is 12.6. The van der Waals surface area contributed by atoms with Gasteiger partial charge in [-0.15, -0.1) is 0 Å². The summed E-state index contributed by atoms with van der Waals surface area (Å²) in [6.45, 7) is 6.12. The highest BCUT2D eigenvalue weighted by molar-refractivity contribution is 5.67. The van der Waals surface area contributed by atoms with Crippen LogP contribution < -0.4 is 0 Å². The van der Waals surface area contributed by atoms with Crippen LogP contribution in [0.3, 0.4) is 0 Å². The molecule has 0 aromatic heterocycles. The molecule has 0 spiro atoms. The van der Waals surface area contributed by atoms with Crippen LogP contribution in [0.4, 0.5) is 0 Å². The number of rotatable bonds is 4. The van der Waals surface area contributed by atoms with Gasteiger partial charge in [-0.1, -0.05) is 13.8 Å². The van der Waals surface area contributed by atoms with Crippen molar-refractivity contribution < 1.29 is 19.0 Å². The lowest BCUT2D eigenvalue weighted by Gasteiger charge is -2.22. The first-order valence-corrected chi connectivity index (χ1v) is 5.97. The molecule has 17 heavy (non-hydrogen) atoms. The van der Waals surface area contributed by atoms with Crippen molar-refractivity contribution in [3.8, 4) is 0 Å². The molecule has 4 nitrogen and oxygen atoms in total. The van der Waals surface area contributed by atoms with Crippen molar-refractivity contribution in [3.63, 3.8) is 0 Å². The number of hydrogen-bond acceptors (Lipinski definition) is 4. The molecule has 4 heteroatoms. The molecule has 0 unspecified atom stereocenters. The molecule has 2 rings (SSSR count). The predicted molar refractivity (Wildman–Crippen MR) is 62.0 cm³/mol. The fraction of sp³-hybridized carbons (Fsp3) is 0.769. The van der Waals surface area contributed by atoms with Crippen molar-refractivity contribution in [1.29, 1.82) is 0 Å². The van der Waals surface area contributed by atoms with Crippen LogP contribution in [0.2, 0.25) is 0 Å². The lowest BCUT2D eigenvalue weighted by molar-refractivity contribution is -0.142. The third-order valence-corrected chi connectivity index (χ3v) is 3.92. The first-order valence-electron chi connectivity index (χ1n) is 5.97. The molecule has 96 valence electrons. The van der Waals surface area contributed by atoms with E-state index in [1.807, 2.05) is 0 Å². The third kappa shape index (κ3) is 2.38. The summed E-state index contributed by atoms with van der Waals surface area (Å²) in [6.07, 6.45) is 2.80. The molecule has 0 heterocycles. The molecule has 0 N–H and O–H groups in total. The number of fused-ring (bicyclic) bond motifs is 1. The largest absolute Gasteiger partial charge is 0.429 e. The van der Waals surface area contributed by atoms with Gasteiger partial charge in [-0.2, -0.15) is 0 Å². The Morgan fingerprint density at radius 1 is 1.53 bits per heavy atom. The van der Waals surface area contributed by atoms with Crippen LogP contribution in [-0.4, -0.2) is 26.0 Å². The number of carbonyl (C=O) groups is 1. The van der Waals surface area contributed by atoms with Crippen molar-refractivity contribution in [2.45, 2.75) is 33.3 Å². The standard InChI is InChI=1S/C13H20O4/c1-8(14)17-12-6-10-9(13(10,2)3)5-11(12)16-7-15-4/h6,9-11H,5,7H2,1-4H3/t9-,10+,11-/m1/s1. The van der Waals surface area contributed by atoms with Crippen LogP contribution in [0.25, 0.3) is 0 Å². The fourth-order valence-electron chi connectivity index (χ4n) is 2.76. The number of esters is 1. The van der Waals surface area contributed by atoms with E-state index in [2.05, 4.69) is 19.9 Å². The Morgan fingerprint density at radius 3 is 2.82 bits per heavy atom. The summed E-state index contributed by atoms with van der Waals surface area (Å²) in [4.78, 5) is 11.1. The van der Waals surface area contributed by atoms with Gasteiger partial charge in [0.05, 0.1) is 0 Å². The minimum Gasteiger partial charge on any atom is -0.429 e. The third-order valence-electron chi connectivity index (χ3n) is 3.92. The topological polar surface area (TPSA) is 44.8 Å². The van der Waals surface area contributed by atoms with Crippen LogP contribution in [0.15, 0.2) is 11.8 Å². The van der Waals surface area contributed by atoms with Crippen LogP contribution in [0.5, 0.6) is 0 Å². The highest BCUT2D eigenvalue weighted by Gasteiger charge is 2.59. The fourth-order valence-corrected chi connectivity index (χ4v) is 2.76. The van der Waals surface area contributed by atoms with Gasteiger partial charge < -0.3 is 14.2 Å². The molecule has 0 amide bonds. The molecule has 0 saturated heterocycles. The van der Waals surface area contributed by atoms with Gasteiger partial charge in [-0.25, -0.2) is 0 Å². The number of methoxy groups -OCH3 is 1. The summed E-state index contributed by atoms with van der Waals surface area (Å²) >= 11 is 0. The SMILES string of the molecule is COCO[C@@H]1C[C@@H]2[C@H](C=C1OC(C)=O)C2(C)C. The maximum absolute atomic E-state index is 11.1. The summed E-state index contributed by atoms with van der Waals surface area (Å²) in [6, 6.07) is 0. The van der Waals surface area contributed by atoms with Crippen LogP contribution in [-0.2, 0) is 19.0 Å². The van der Waals surface area contributed by atoms with Gasteiger partial charge in [0.2, 0.25) is 0 Å². The van der Waals surface area contributed by atoms with E-state index < -0.39 is 0 Å². The Balaban J connectivity index is 2.08.